The fourth-order valence-corrected chi connectivity index (χ4v) is 13.0. The molecule has 2 aliphatic heterocycles. The fraction of sp³-hybridized carbons (Fsp3) is 0.969. The molecule has 0 radical (unpaired) electrons. The first-order valence-corrected chi connectivity index (χ1v) is 15.5. The first-order chi connectivity index (χ1) is 17.9. The molecule has 3 N–H and O–H groups in total. The van der Waals surface area contributed by atoms with Crippen LogP contribution in [0.1, 0.15) is 100 Å². The number of esters is 1. The molecule has 39 heavy (non-hydrogen) atoms. The van der Waals surface area contributed by atoms with Crippen molar-refractivity contribution in [3.05, 3.63) is 0 Å². The number of hydrogen-bond acceptors (Lipinski definition) is 7. The minimum Gasteiger partial charge on any atom is -0.462 e. The van der Waals surface area contributed by atoms with Gasteiger partial charge in [-0.1, -0.05) is 34.6 Å². The summed E-state index contributed by atoms with van der Waals surface area (Å²) in [5.74, 6) is -1.12. The van der Waals surface area contributed by atoms with Gasteiger partial charge < -0.3 is 29.5 Å². The number of fused-ring (bicyclic) bond motifs is 5. The number of carbonyl (C=O) groups is 1. The van der Waals surface area contributed by atoms with Crippen molar-refractivity contribution in [3.63, 3.8) is 0 Å². The zero-order chi connectivity index (χ0) is 28.3. The van der Waals surface area contributed by atoms with Gasteiger partial charge >= 0.3 is 5.97 Å². The van der Waals surface area contributed by atoms with E-state index in [9.17, 15) is 20.1 Å². The predicted octanol–water partition coefficient (Wildman–Crippen LogP) is 4.20. The van der Waals surface area contributed by atoms with Crippen molar-refractivity contribution < 1.29 is 34.3 Å². The molecule has 14 atom stereocenters. The zero-order valence-corrected chi connectivity index (χ0v) is 25.1. The maximum Gasteiger partial charge on any atom is 0.302 e. The van der Waals surface area contributed by atoms with Crippen molar-refractivity contribution in [2.75, 3.05) is 0 Å². The Balaban J connectivity index is 1.33. The summed E-state index contributed by atoms with van der Waals surface area (Å²) in [5, 5.41) is 33.9. The van der Waals surface area contributed by atoms with Gasteiger partial charge in [-0.3, -0.25) is 4.79 Å². The van der Waals surface area contributed by atoms with Crippen molar-refractivity contribution in [1.82, 2.24) is 0 Å². The zero-order valence-electron chi connectivity index (χ0n) is 25.1. The molecule has 5 aliphatic carbocycles. The predicted molar refractivity (Wildman–Crippen MR) is 143 cm³/mol. The lowest BCUT2D eigenvalue weighted by Crippen LogP contribution is -2.66. The van der Waals surface area contributed by atoms with Crippen LogP contribution >= 0.6 is 0 Å². The molecule has 2 heterocycles. The van der Waals surface area contributed by atoms with E-state index in [-0.39, 0.29) is 63.2 Å². The third kappa shape index (κ3) is 2.82. The molecule has 7 rings (SSSR count). The summed E-state index contributed by atoms with van der Waals surface area (Å²) in [7, 11) is 0. The fourth-order valence-electron chi connectivity index (χ4n) is 13.0. The number of aliphatic hydroxyl groups excluding tert-OH is 2. The van der Waals surface area contributed by atoms with Crippen molar-refractivity contribution in [1.29, 1.82) is 0 Å². The molecule has 7 aliphatic rings. The molecular formula is C32H50O7. The van der Waals surface area contributed by atoms with E-state index in [0.717, 1.165) is 44.9 Å². The highest BCUT2D eigenvalue weighted by Gasteiger charge is 2.86. The quantitative estimate of drug-likeness (QED) is 0.424. The Morgan fingerprint density at radius 1 is 0.923 bits per heavy atom. The highest BCUT2D eigenvalue weighted by atomic mass is 16.7. The average Bonchev–Trinajstić information content (AvgIpc) is 3.36. The van der Waals surface area contributed by atoms with Crippen molar-refractivity contribution in [3.8, 4) is 0 Å². The highest BCUT2D eigenvalue weighted by Crippen LogP contribution is 2.89. The standard InChI is InChI=1S/C32H50O7/c1-16-23-18(38-32(36)24(16)39-27(5,6)25(32)35)13-28(7)20-10-9-19-26(3,4)21(34)11-12-30(19)15-31(20,30)14-22(29(23,28)8)37-17(2)33/h16,18-25,34-36H,9-15H2,1-8H3/t16-,18-,19-,20-,21-,22+,23-,24+,25+,28-,29+,30+,31-,32-/m0/s1. The van der Waals surface area contributed by atoms with Crippen molar-refractivity contribution in [2.45, 2.75) is 142 Å². The molecule has 7 nitrogen and oxygen atoms in total. The Labute approximate surface area is 233 Å². The van der Waals surface area contributed by atoms with E-state index in [1.807, 2.05) is 13.8 Å². The first kappa shape index (κ1) is 27.1. The van der Waals surface area contributed by atoms with Gasteiger partial charge in [0.2, 0.25) is 5.79 Å². The lowest BCUT2D eigenvalue weighted by molar-refractivity contribution is -0.330. The van der Waals surface area contributed by atoms with E-state index < -0.39 is 23.6 Å². The molecular weight excluding hydrogens is 496 g/mol. The SMILES string of the molecule is CC(=O)O[C@@H]1C[C@@]23C[C@@]24CC[C@H](O)C(C)(C)[C@@H]4CC[C@H]3[C@]2(C)C[C@@H]3O[C@@]4(O)[C@H](OC(C)(C)[C@H]4O)[C@@H](C)[C@@H]3[C@@]12C. The Morgan fingerprint density at radius 3 is 2.26 bits per heavy atom. The highest BCUT2D eigenvalue weighted by molar-refractivity contribution is 5.66. The molecule has 220 valence electrons. The summed E-state index contributed by atoms with van der Waals surface area (Å²) in [4.78, 5) is 12.7. The van der Waals surface area contributed by atoms with Gasteiger partial charge in [0, 0.05) is 12.3 Å². The lowest BCUT2D eigenvalue weighted by Gasteiger charge is -2.65. The van der Waals surface area contributed by atoms with Gasteiger partial charge in [-0.2, -0.15) is 0 Å². The van der Waals surface area contributed by atoms with Crippen LogP contribution < -0.4 is 0 Å². The summed E-state index contributed by atoms with van der Waals surface area (Å²) in [5.41, 5.74) is -1.27. The van der Waals surface area contributed by atoms with Crippen LogP contribution in [0.4, 0.5) is 0 Å². The van der Waals surface area contributed by atoms with Crippen molar-refractivity contribution >= 4 is 5.97 Å². The van der Waals surface area contributed by atoms with Gasteiger partial charge in [0.05, 0.1) is 17.8 Å². The summed E-state index contributed by atoms with van der Waals surface area (Å²) >= 11 is 0. The molecule has 7 heteroatoms. The summed E-state index contributed by atoms with van der Waals surface area (Å²) < 4.78 is 19.3. The van der Waals surface area contributed by atoms with Crippen LogP contribution in [-0.4, -0.2) is 63.2 Å². The maximum atomic E-state index is 12.7. The number of carbonyl (C=O) groups excluding carboxylic acids is 1. The topological polar surface area (TPSA) is 105 Å². The molecule has 2 saturated heterocycles. The third-order valence-corrected chi connectivity index (χ3v) is 14.7. The lowest BCUT2D eigenvalue weighted by atomic mass is 9.41. The molecule has 0 bridgehead atoms. The monoisotopic (exact) mass is 546 g/mol. The Kier molecular flexibility index (Phi) is 5.16. The Morgan fingerprint density at radius 2 is 1.59 bits per heavy atom. The molecule has 0 amide bonds. The molecule has 5 saturated carbocycles. The number of hydrogen-bond donors (Lipinski definition) is 3. The minimum absolute atomic E-state index is 0.0209. The van der Waals surface area contributed by atoms with E-state index in [1.165, 1.54) is 6.92 Å². The molecule has 7 fully saturated rings. The van der Waals surface area contributed by atoms with Gasteiger partial charge in [0.15, 0.2) is 0 Å². The Hall–Kier alpha value is -0.730. The van der Waals surface area contributed by atoms with E-state index in [0.29, 0.717) is 11.8 Å². The molecule has 0 aromatic heterocycles. The van der Waals surface area contributed by atoms with E-state index >= 15 is 0 Å². The largest absolute Gasteiger partial charge is 0.462 e. The van der Waals surface area contributed by atoms with Crippen LogP contribution in [0.25, 0.3) is 0 Å². The van der Waals surface area contributed by atoms with Crippen LogP contribution in [0.15, 0.2) is 0 Å². The summed E-state index contributed by atoms with van der Waals surface area (Å²) in [6, 6.07) is 0. The molecule has 0 aromatic carbocycles. The normalized spacial score (nSPS) is 61.6. The molecule has 2 spiro atoms. The van der Waals surface area contributed by atoms with Crippen molar-refractivity contribution in [2.24, 2.45) is 50.7 Å². The van der Waals surface area contributed by atoms with Gasteiger partial charge in [-0.15, -0.1) is 0 Å². The van der Waals surface area contributed by atoms with Gasteiger partial charge in [0.1, 0.15) is 18.3 Å². The van der Waals surface area contributed by atoms with Gasteiger partial charge in [-0.05, 0) is 104 Å². The molecule has 0 aromatic rings. The number of ether oxygens (including phenoxy) is 3. The summed E-state index contributed by atoms with van der Waals surface area (Å²) in [6.07, 6.45) is 4.34. The smallest absolute Gasteiger partial charge is 0.302 e. The van der Waals surface area contributed by atoms with E-state index in [1.54, 1.807) is 0 Å². The number of rotatable bonds is 1. The van der Waals surface area contributed by atoms with Gasteiger partial charge in [0.25, 0.3) is 0 Å². The van der Waals surface area contributed by atoms with Crippen LogP contribution in [0, 0.1) is 50.7 Å². The van der Waals surface area contributed by atoms with Crippen LogP contribution in [-0.2, 0) is 19.0 Å². The second-order valence-corrected chi connectivity index (χ2v) is 16.6. The average molecular weight is 547 g/mol. The first-order valence-electron chi connectivity index (χ1n) is 15.5. The second-order valence-electron chi connectivity index (χ2n) is 16.6. The number of aliphatic hydroxyl groups is 3. The van der Waals surface area contributed by atoms with Crippen LogP contribution in [0.3, 0.4) is 0 Å². The maximum absolute atomic E-state index is 12.7. The summed E-state index contributed by atoms with van der Waals surface area (Å²) in [6.45, 7) is 16.6. The van der Waals surface area contributed by atoms with Crippen LogP contribution in [0.5, 0.6) is 0 Å². The van der Waals surface area contributed by atoms with E-state index in [4.69, 9.17) is 14.2 Å². The van der Waals surface area contributed by atoms with Gasteiger partial charge in [-0.25, -0.2) is 0 Å². The van der Waals surface area contributed by atoms with E-state index in [2.05, 4.69) is 34.6 Å². The minimum atomic E-state index is -1.75. The van der Waals surface area contributed by atoms with Crippen LogP contribution in [0.2, 0.25) is 0 Å². The third-order valence-electron chi connectivity index (χ3n) is 14.7. The second kappa shape index (κ2) is 7.42. The molecule has 0 unspecified atom stereocenters. The Bertz CT molecular complexity index is 1100.